The van der Waals surface area contributed by atoms with E-state index in [1.165, 1.54) is 19.2 Å². The molecule has 0 radical (unpaired) electrons. The number of aromatic nitrogens is 2. The molecule has 0 aliphatic carbocycles. The van der Waals surface area contributed by atoms with Gasteiger partial charge in [-0.15, -0.1) is 0 Å². The number of sulfonamides is 1. The molecule has 7 nitrogen and oxygen atoms in total. The predicted molar refractivity (Wildman–Crippen MR) is 97.4 cm³/mol. The van der Waals surface area contributed by atoms with Gasteiger partial charge in [-0.3, -0.25) is 4.68 Å². The van der Waals surface area contributed by atoms with Crippen LogP contribution in [-0.4, -0.2) is 31.3 Å². The second kappa shape index (κ2) is 7.95. The monoisotopic (exact) mass is 415 g/mol. The van der Waals surface area contributed by atoms with Gasteiger partial charge < -0.3 is 4.74 Å². The molecule has 0 saturated carbocycles. The van der Waals surface area contributed by atoms with E-state index >= 15 is 0 Å². The molecule has 3 rings (SSSR count). The zero-order valence-corrected chi connectivity index (χ0v) is 16.2. The molecule has 0 unspecified atom stereocenters. The number of rotatable bonds is 6. The third-order valence-electron chi connectivity index (χ3n) is 4.41. The zero-order valence-electron chi connectivity index (χ0n) is 14.7. The quantitative estimate of drug-likeness (QED) is 0.732. The Labute approximate surface area is 161 Å². The number of ether oxygens (including phenoxy) is 1. The van der Waals surface area contributed by atoms with Gasteiger partial charge in [-0.2, -0.15) is 5.10 Å². The van der Waals surface area contributed by atoms with Gasteiger partial charge in [-0.25, -0.2) is 22.3 Å². The fourth-order valence-corrected chi connectivity index (χ4v) is 4.54. The van der Waals surface area contributed by atoms with Crippen molar-refractivity contribution in [3.05, 3.63) is 51.6 Å². The SMILES string of the molecule is COC(=O)c1c(CNS(=O)(=O)Cc2c(F)cccc2Cl)nn2c1CCCC2. The topological polar surface area (TPSA) is 90.3 Å². The summed E-state index contributed by atoms with van der Waals surface area (Å²) in [6.07, 6.45) is 2.54. The maximum absolute atomic E-state index is 13.9. The molecule has 10 heteroatoms. The van der Waals surface area contributed by atoms with Crippen LogP contribution in [0.25, 0.3) is 0 Å². The maximum atomic E-state index is 13.9. The van der Waals surface area contributed by atoms with Crippen LogP contribution in [0.15, 0.2) is 18.2 Å². The highest BCUT2D eigenvalue weighted by Gasteiger charge is 2.27. The summed E-state index contributed by atoms with van der Waals surface area (Å²) >= 11 is 5.90. The van der Waals surface area contributed by atoms with E-state index in [2.05, 4.69) is 9.82 Å². The largest absolute Gasteiger partial charge is 0.465 e. The highest BCUT2D eigenvalue weighted by Crippen LogP contribution is 2.24. The fraction of sp³-hybridized carbons (Fsp3) is 0.412. The van der Waals surface area contributed by atoms with Crippen molar-refractivity contribution in [1.82, 2.24) is 14.5 Å². The summed E-state index contributed by atoms with van der Waals surface area (Å²) in [5, 5.41) is 4.39. The van der Waals surface area contributed by atoms with Crippen molar-refractivity contribution in [2.45, 2.75) is 38.1 Å². The Bertz CT molecular complexity index is 955. The smallest absolute Gasteiger partial charge is 0.341 e. The number of carbonyl (C=O) groups is 1. The maximum Gasteiger partial charge on any atom is 0.341 e. The van der Waals surface area contributed by atoms with Crippen LogP contribution in [-0.2, 0) is 40.0 Å². The molecule has 2 heterocycles. The molecule has 0 bridgehead atoms. The average Bonchev–Trinajstić information content (AvgIpc) is 3.01. The Morgan fingerprint density at radius 2 is 2.19 bits per heavy atom. The van der Waals surface area contributed by atoms with E-state index in [0.717, 1.165) is 24.6 Å². The van der Waals surface area contributed by atoms with Crippen molar-refractivity contribution < 1.29 is 22.3 Å². The molecule has 0 fully saturated rings. The second-order valence-corrected chi connectivity index (χ2v) is 8.43. The van der Waals surface area contributed by atoms with E-state index in [-0.39, 0.29) is 17.1 Å². The minimum Gasteiger partial charge on any atom is -0.465 e. The number of benzene rings is 1. The fourth-order valence-electron chi connectivity index (χ4n) is 3.10. The molecule has 0 atom stereocenters. The van der Waals surface area contributed by atoms with Gasteiger partial charge in [0, 0.05) is 17.1 Å². The van der Waals surface area contributed by atoms with Crippen molar-refractivity contribution in [1.29, 1.82) is 0 Å². The van der Waals surface area contributed by atoms with Crippen LogP contribution >= 0.6 is 11.6 Å². The minimum atomic E-state index is -3.90. The molecular formula is C17H19ClFN3O4S. The van der Waals surface area contributed by atoms with Gasteiger partial charge >= 0.3 is 5.97 Å². The summed E-state index contributed by atoms with van der Waals surface area (Å²) in [4.78, 5) is 12.2. The van der Waals surface area contributed by atoms with Gasteiger partial charge in [-0.05, 0) is 31.4 Å². The predicted octanol–water partition coefficient (Wildman–Crippen LogP) is 2.42. The minimum absolute atomic E-state index is 0.0353. The first kappa shape index (κ1) is 19.8. The van der Waals surface area contributed by atoms with Crippen LogP contribution in [0.1, 0.15) is 40.2 Å². The number of esters is 1. The van der Waals surface area contributed by atoms with Crippen molar-refractivity contribution in [2.75, 3.05) is 7.11 Å². The van der Waals surface area contributed by atoms with Crippen LogP contribution < -0.4 is 4.72 Å². The van der Waals surface area contributed by atoms with E-state index in [9.17, 15) is 17.6 Å². The molecule has 1 aromatic heterocycles. The normalized spacial score (nSPS) is 14.0. The van der Waals surface area contributed by atoms with Crippen LogP contribution in [0.5, 0.6) is 0 Å². The summed E-state index contributed by atoms with van der Waals surface area (Å²) in [5.74, 6) is -1.86. The Hall–Kier alpha value is -1.97. The third-order valence-corrected chi connectivity index (χ3v) is 6.02. The summed E-state index contributed by atoms with van der Waals surface area (Å²) in [6.45, 7) is 0.468. The summed E-state index contributed by atoms with van der Waals surface area (Å²) in [7, 11) is -2.64. The summed E-state index contributed by atoms with van der Waals surface area (Å²) in [5.41, 5.74) is 1.23. The molecule has 2 aromatic rings. The molecule has 1 aliphatic rings. The molecule has 0 spiro atoms. The van der Waals surface area contributed by atoms with Gasteiger partial charge in [0.2, 0.25) is 10.0 Å². The van der Waals surface area contributed by atoms with E-state index < -0.39 is 27.6 Å². The van der Waals surface area contributed by atoms with Gasteiger partial charge in [0.1, 0.15) is 11.4 Å². The number of carbonyl (C=O) groups excluding carboxylic acids is 1. The van der Waals surface area contributed by atoms with E-state index in [1.807, 2.05) is 0 Å². The first-order chi connectivity index (χ1) is 12.8. The number of hydrogen-bond acceptors (Lipinski definition) is 5. The molecular weight excluding hydrogens is 397 g/mol. The Morgan fingerprint density at radius 3 is 2.89 bits per heavy atom. The van der Waals surface area contributed by atoms with Gasteiger partial charge in [0.05, 0.1) is 30.8 Å². The molecule has 0 amide bonds. The number of aryl methyl sites for hydroxylation is 1. The Kier molecular flexibility index (Phi) is 5.83. The van der Waals surface area contributed by atoms with Gasteiger partial charge in [0.15, 0.2) is 0 Å². The summed E-state index contributed by atoms with van der Waals surface area (Å²) in [6, 6.07) is 3.98. The van der Waals surface area contributed by atoms with E-state index in [4.69, 9.17) is 16.3 Å². The lowest BCUT2D eigenvalue weighted by molar-refractivity contribution is 0.0597. The van der Waals surface area contributed by atoms with Gasteiger partial charge in [0.25, 0.3) is 0 Å². The Morgan fingerprint density at radius 1 is 1.41 bits per heavy atom. The molecule has 0 saturated heterocycles. The number of nitrogens with one attached hydrogen (secondary N) is 1. The van der Waals surface area contributed by atoms with Crippen molar-refractivity contribution in [2.24, 2.45) is 0 Å². The molecule has 27 heavy (non-hydrogen) atoms. The lowest BCUT2D eigenvalue weighted by Gasteiger charge is -2.13. The molecule has 146 valence electrons. The number of hydrogen-bond donors (Lipinski definition) is 1. The van der Waals surface area contributed by atoms with Crippen molar-refractivity contribution in [3.63, 3.8) is 0 Å². The van der Waals surface area contributed by atoms with Crippen molar-refractivity contribution in [3.8, 4) is 0 Å². The third kappa shape index (κ3) is 4.31. The lowest BCUT2D eigenvalue weighted by atomic mass is 10.0. The number of fused-ring (bicyclic) bond motifs is 1. The van der Waals surface area contributed by atoms with Crippen LogP contribution in [0.2, 0.25) is 5.02 Å². The molecule has 1 N–H and O–H groups in total. The number of halogens is 2. The molecule has 1 aromatic carbocycles. The van der Waals surface area contributed by atoms with E-state index in [1.54, 1.807) is 4.68 Å². The highest BCUT2D eigenvalue weighted by molar-refractivity contribution is 7.88. The first-order valence-electron chi connectivity index (χ1n) is 8.39. The lowest BCUT2D eigenvalue weighted by Crippen LogP contribution is -2.26. The number of nitrogens with zero attached hydrogens (tertiary/aromatic N) is 2. The summed E-state index contributed by atoms with van der Waals surface area (Å²) < 4.78 is 47.5. The zero-order chi connectivity index (χ0) is 19.6. The first-order valence-corrected chi connectivity index (χ1v) is 10.4. The Balaban J connectivity index is 1.82. The molecule has 1 aliphatic heterocycles. The van der Waals surface area contributed by atoms with Gasteiger partial charge in [-0.1, -0.05) is 17.7 Å². The average molecular weight is 416 g/mol. The van der Waals surface area contributed by atoms with Crippen LogP contribution in [0, 0.1) is 5.82 Å². The second-order valence-electron chi connectivity index (χ2n) is 6.22. The highest BCUT2D eigenvalue weighted by atomic mass is 35.5. The van der Waals surface area contributed by atoms with E-state index in [0.29, 0.717) is 24.2 Å². The van der Waals surface area contributed by atoms with Crippen molar-refractivity contribution >= 4 is 27.6 Å². The number of methoxy groups -OCH3 is 1. The van der Waals surface area contributed by atoms with Crippen LogP contribution in [0.3, 0.4) is 0 Å². The standard InChI is InChI=1S/C17H19ClFN3O4S/c1-26-17(23)16-14(21-22-8-3-2-7-15(16)22)9-20-27(24,25)10-11-12(18)5-4-6-13(11)19/h4-6,20H,2-3,7-10H2,1H3. The van der Waals surface area contributed by atoms with Crippen LogP contribution in [0.4, 0.5) is 4.39 Å².